The largest absolute Gasteiger partial charge is 0.394 e. The minimum atomic E-state index is -2.01. The lowest BCUT2D eigenvalue weighted by molar-refractivity contribution is 0.180. The quantitative estimate of drug-likeness (QED) is 0.0502. The summed E-state index contributed by atoms with van der Waals surface area (Å²) in [6.45, 7) is 10.6. The second-order valence-corrected chi connectivity index (χ2v) is 17.3. The molecule has 0 saturated heterocycles. The molecule has 0 saturated carbocycles. The first kappa shape index (κ1) is 43.1. The molecule has 0 aromatic heterocycles. The SMILES string of the molecule is CCCCCCCCCCCCCCCCCC[Si](CCCCCCCCCCCCCCCCCC)(OCC)OCC. The standard InChI is InChI=1S/C40H84O2Si/c1-5-9-11-13-15-17-19-21-23-25-27-29-31-33-35-37-39-43(41-7-3,42-8-4)40-38-36-34-32-30-28-26-24-22-20-18-16-14-12-10-6-2/h5-40H2,1-4H3. The van der Waals surface area contributed by atoms with E-state index in [1.54, 1.807) is 0 Å². The summed E-state index contributed by atoms with van der Waals surface area (Å²) in [4.78, 5) is 0. The average Bonchev–Trinajstić information content (AvgIpc) is 3.01. The summed E-state index contributed by atoms with van der Waals surface area (Å²) in [6.07, 6.45) is 45.8. The van der Waals surface area contributed by atoms with E-state index in [0.717, 1.165) is 13.2 Å². The Labute approximate surface area is 275 Å². The fraction of sp³-hybridized carbons (Fsp3) is 1.00. The summed E-state index contributed by atoms with van der Waals surface area (Å²) in [5, 5.41) is 0. The molecule has 0 aliphatic carbocycles. The van der Waals surface area contributed by atoms with Gasteiger partial charge in [-0.05, 0) is 25.9 Å². The minimum Gasteiger partial charge on any atom is -0.394 e. The van der Waals surface area contributed by atoms with E-state index >= 15 is 0 Å². The lowest BCUT2D eigenvalue weighted by Crippen LogP contribution is -2.42. The van der Waals surface area contributed by atoms with Gasteiger partial charge in [0.15, 0.2) is 0 Å². The summed E-state index contributed by atoms with van der Waals surface area (Å²) >= 11 is 0. The van der Waals surface area contributed by atoms with Gasteiger partial charge in [0.2, 0.25) is 0 Å². The molecule has 0 atom stereocenters. The molecule has 2 nitrogen and oxygen atoms in total. The molecule has 260 valence electrons. The van der Waals surface area contributed by atoms with Gasteiger partial charge >= 0.3 is 8.56 Å². The van der Waals surface area contributed by atoms with E-state index in [1.165, 1.54) is 218 Å². The Bertz CT molecular complexity index is 453. The summed E-state index contributed by atoms with van der Waals surface area (Å²) < 4.78 is 12.9. The Hall–Kier alpha value is 0.137. The van der Waals surface area contributed by atoms with Crippen molar-refractivity contribution >= 4 is 8.56 Å². The van der Waals surface area contributed by atoms with Gasteiger partial charge in [-0.2, -0.15) is 0 Å². The maximum absolute atomic E-state index is 6.44. The highest BCUT2D eigenvalue weighted by atomic mass is 28.4. The lowest BCUT2D eigenvalue weighted by Gasteiger charge is -2.30. The number of rotatable bonds is 38. The van der Waals surface area contributed by atoms with Crippen molar-refractivity contribution in [2.24, 2.45) is 0 Å². The average molecular weight is 625 g/mol. The molecule has 0 aromatic rings. The summed E-state index contributed by atoms with van der Waals surface area (Å²) in [5.74, 6) is 0. The van der Waals surface area contributed by atoms with E-state index in [-0.39, 0.29) is 0 Å². The van der Waals surface area contributed by atoms with Crippen LogP contribution in [0, 0.1) is 0 Å². The van der Waals surface area contributed by atoms with E-state index in [4.69, 9.17) is 8.85 Å². The fourth-order valence-corrected chi connectivity index (χ4v) is 10.4. The van der Waals surface area contributed by atoms with Gasteiger partial charge < -0.3 is 8.85 Å². The first-order valence-electron chi connectivity index (χ1n) is 20.5. The van der Waals surface area contributed by atoms with Crippen molar-refractivity contribution in [2.75, 3.05) is 13.2 Å². The fourth-order valence-electron chi connectivity index (χ4n) is 6.87. The van der Waals surface area contributed by atoms with Crippen LogP contribution in [0.3, 0.4) is 0 Å². The predicted octanol–water partition coefficient (Wildman–Crippen LogP) is 15.0. The van der Waals surface area contributed by atoms with Crippen LogP contribution in [-0.2, 0) is 8.85 Å². The van der Waals surface area contributed by atoms with Gasteiger partial charge in [0, 0.05) is 13.2 Å². The molecule has 0 bridgehead atoms. The number of unbranched alkanes of at least 4 members (excludes halogenated alkanes) is 30. The monoisotopic (exact) mass is 625 g/mol. The Morgan fingerprint density at radius 1 is 0.256 bits per heavy atom. The normalized spacial score (nSPS) is 12.0. The van der Waals surface area contributed by atoms with Crippen LogP contribution < -0.4 is 0 Å². The van der Waals surface area contributed by atoms with Gasteiger partial charge in [0.05, 0.1) is 0 Å². The molecular weight excluding hydrogens is 541 g/mol. The van der Waals surface area contributed by atoms with Crippen LogP contribution in [0.4, 0.5) is 0 Å². The Morgan fingerprint density at radius 3 is 0.628 bits per heavy atom. The first-order chi connectivity index (χ1) is 21.2. The summed E-state index contributed by atoms with van der Waals surface area (Å²) in [6, 6.07) is 2.43. The molecule has 0 aromatic carbocycles. The summed E-state index contributed by atoms with van der Waals surface area (Å²) in [7, 11) is -2.01. The van der Waals surface area contributed by atoms with Crippen LogP contribution in [0.15, 0.2) is 0 Å². The van der Waals surface area contributed by atoms with Crippen molar-refractivity contribution in [3.05, 3.63) is 0 Å². The smallest absolute Gasteiger partial charge is 0.338 e. The molecule has 0 unspecified atom stereocenters. The third kappa shape index (κ3) is 31.9. The zero-order chi connectivity index (χ0) is 31.4. The van der Waals surface area contributed by atoms with Crippen LogP contribution in [0.25, 0.3) is 0 Å². The maximum Gasteiger partial charge on any atom is 0.338 e. The van der Waals surface area contributed by atoms with Crippen molar-refractivity contribution in [2.45, 2.75) is 245 Å². The van der Waals surface area contributed by atoms with Crippen LogP contribution in [0.1, 0.15) is 233 Å². The molecule has 0 aliphatic rings. The van der Waals surface area contributed by atoms with E-state index in [9.17, 15) is 0 Å². The van der Waals surface area contributed by atoms with Crippen molar-refractivity contribution in [1.82, 2.24) is 0 Å². The van der Waals surface area contributed by atoms with Crippen LogP contribution in [0.2, 0.25) is 12.1 Å². The van der Waals surface area contributed by atoms with Gasteiger partial charge in [-0.3, -0.25) is 0 Å². The van der Waals surface area contributed by atoms with Gasteiger partial charge in [-0.15, -0.1) is 0 Å². The molecule has 0 spiro atoms. The first-order valence-corrected chi connectivity index (χ1v) is 22.8. The Balaban J connectivity index is 3.72. The van der Waals surface area contributed by atoms with Gasteiger partial charge in [-0.25, -0.2) is 0 Å². The minimum absolute atomic E-state index is 0.823. The number of hydrogen-bond donors (Lipinski definition) is 0. The zero-order valence-corrected chi connectivity index (χ0v) is 31.8. The Morgan fingerprint density at radius 2 is 0.442 bits per heavy atom. The van der Waals surface area contributed by atoms with E-state index in [0.29, 0.717) is 0 Å². The van der Waals surface area contributed by atoms with Crippen molar-refractivity contribution in [3.63, 3.8) is 0 Å². The highest BCUT2D eigenvalue weighted by molar-refractivity contribution is 6.67. The second kappa shape index (κ2) is 36.6. The molecule has 0 rings (SSSR count). The van der Waals surface area contributed by atoms with Crippen LogP contribution >= 0.6 is 0 Å². The topological polar surface area (TPSA) is 18.5 Å². The molecule has 0 aliphatic heterocycles. The molecule has 0 amide bonds. The van der Waals surface area contributed by atoms with Crippen molar-refractivity contribution in [1.29, 1.82) is 0 Å². The predicted molar refractivity (Wildman–Crippen MR) is 198 cm³/mol. The third-order valence-corrected chi connectivity index (χ3v) is 13.5. The molecule has 0 radical (unpaired) electrons. The van der Waals surface area contributed by atoms with Gasteiger partial charge in [-0.1, -0.05) is 219 Å². The molecule has 0 heterocycles. The van der Waals surface area contributed by atoms with Gasteiger partial charge in [0.1, 0.15) is 0 Å². The van der Waals surface area contributed by atoms with E-state index in [2.05, 4.69) is 27.7 Å². The molecule has 43 heavy (non-hydrogen) atoms. The third-order valence-electron chi connectivity index (χ3n) is 9.64. The molecule has 0 N–H and O–H groups in total. The maximum atomic E-state index is 6.44. The lowest BCUT2D eigenvalue weighted by atomic mass is 10.0. The summed E-state index contributed by atoms with van der Waals surface area (Å²) in [5.41, 5.74) is 0. The van der Waals surface area contributed by atoms with Crippen LogP contribution in [-0.4, -0.2) is 21.8 Å². The van der Waals surface area contributed by atoms with E-state index < -0.39 is 8.56 Å². The van der Waals surface area contributed by atoms with Crippen molar-refractivity contribution < 1.29 is 8.85 Å². The van der Waals surface area contributed by atoms with Crippen LogP contribution in [0.5, 0.6) is 0 Å². The number of hydrogen-bond acceptors (Lipinski definition) is 2. The molecular formula is C40H84O2Si. The zero-order valence-electron chi connectivity index (χ0n) is 30.8. The molecule has 3 heteroatoms. The Kier molecular flexibility index (Phi) is 36.7. The van der Waals surface area contributed by atoms with Gasteiger partial charge in [0.25, 0.3) is 0 Å². The van der Waals surface area contributed by atoms with E-state index in [1.807, 2.05) is 0 Å². The highest BCUT2D eigenvalue weighted by Gasteiger charge is 2.35. The second-order valence-electron chi connectivity index (χ2n) is 13.9. The highest BCUT2D eigenvalue weighted by Crippen LogP contribution is 2.27. The van der Waals surface area contributed by atoms with Crippen molar-refractivity contribution in [3.8, 4) is 0 Å². The molecule has 0 fully saturated rings.